The van der Waals surface area contributed by atoms with Crippen LogP contribution in [-0.4, -0.2) is 37.0 Å². The van der Waals surface area contributed by atoms with Crippen molar-refractivity contribution in [2.75, 3.05) is 13.2 Å². The zero-order valence-electron chi connectivity index (χ0n) is 8.77. The van der Waals surface area contributed by atoms with Gasteiger partial charge in [-0.2, -0.15) is 4.31 Å². The first kappa shape index (κ1) is 13.6. The number of aliphatic hydroxyl groups excluding tert-OH is 1. The minimum absolute atomic E-state index is 0.0121. The second-order valence-electron chi connectivity index (χ2n) is 3.76. The summed E-state index contributed by atoms with van der Waals surface area (Å²) >= 11 is 12.6. The van der Waals surface area contributed by atoms with Gasteiger partial charge in [-0.1, -0.05) is 23.2 Å². The van der Waals surface area contributed by atoms with E-state index in [9.17, 15) is 8.42 Å². The zero-order valence-corrected chi connectivity index (χ0v) is 11.9. The van der Waals surface area contributed by atoms with Crippen LogP contribution in [0.5, 0.6) is 0 Å². The molecule has 1 N–H and O–H groups in total. The van der Waals surface area contributed by atoms with Crippen LogP contribution in [0.4, 0.5) is 0 Å². The van der Waals surface area contributed by atoms with Crippen molar-refractivity contribution in [1.82, 2.24) is 4.31 Å². The number of hydrogen-bond acceptors (Lipinski definition) is 4. The van der Waals surface area contributed by atoms with E-state index in [0.29, 0.717) is 4.34 Å². The summed E-state index contributed by atoms with van der Waals surface area (Å²) in [4.78, 5) is 0.0366. The SMILES string of the molecule is O=S(=O)(c1cc(Cl)sc1Cl)N(CCO)C1CC1. The van der Waals surface area contributed by atoms with Crippen LogP contribution >= 0.6 is 34.5 Å². The van der Waals surface area contributed by atoms with Crippen LogP contribution in [0, 0.1) is 0 Å². The minimum Gasteiger partial charge on any atom is -0.395 e. The smallest absolute Gasteiger partial charge is 0.245 e. The molecule has 1 aliphatic rings. The lowest BCUT2D eigenvalue weighted by Gasteiger charge is -2.20. The molecular weight excluding hydrogens is 305 g/mol. The fraction of sp³-hybridized carbons (Fsp3) is 0.556. The van der Waals surface area contributed by atoms with E-state index >= 15 is 0 Å². The molecule has 0 unspecified atom stereocenters. The van der Waals surface area contributed by atoms with Gasteiger partial charge in [-0.15, -0.1) is 11.3 Å². The maximum atomic E-state index is 12.3. The molecule has 0 atom stereocenters. The highest BCUT2D eigenvalue weighted by atomic mass is 35.5. The summed E-state index contributed by atoms with van der Waals surface area (Å²) in [5.74, 6) is 0. The first-order chi connectivity index (χ1) is 7.96. The maximum Gasteiger partial charge on any atom is 0.245 e. The number of aliphatic hydroxyl groups is 1. The molecule has 0 aromatic carbocycles. The highest BCUT2D eigenvalue weighted by molar-refractivity contribution is 7.89. The van der Waals surface area contributed by atoms with Crippen LogP contribution in [0.1, 0.15) is 12.8 Å². The molecule has 1 saturated carbocycles. The summed E-state index contributed by atoms with van der Waals surface area (Å²) in [6, 6.07) is 1.35. The molecule has 4 nitrogen and oxygen atoms in total. The van der Waals surface area contributed by atoms with Crippen LogP contribution in [0.2, 0.25) is 8.67 Å². The average molecular weight is 316 g/mol. The predicted octanol–water partition coefficient (Wildman–Crippen LogP) is 2.20. The predicted molar refractivity (Wildman–Crippen MR) is 68.3 cm³/mol. The molecular formula is C9H11Cl2NO3S2. The molecule has 8 heteroatoms. The molecule has 0 amide bonds. The van der Waals surface area contributed by atoms with Crippen molar-refractivity contribution in [3.63, 3.8) is 0 Å². The van der Waals surface area contributed by atoms with Crippen LogP contribution in [0.3, 0.4) is 0 Å². The fourth-order valence-electron chi connectivity index (χ4n) is 1.59. The molecule has 1 aromatic rings. The van der Waals surface area contributed by atoms with Crippen LogP contribution < -0.4 is 0 Å². The monoisotopic (exact) mass is 315 g/mol. The second-order valence-corrected chi connectivity index (χ2v) is 7.90. The molecule has 96 valence electrons. The molecule has 0 radical (unpaired) electrons. The van der Waals surface area contributed by atoms with Crippen molar-refractivity contribution in [2.45, 2.75) is 23.8 Å². The minimum atomic E-state index is -3.64. The van der Waals surface area contributed by atoms with Crippen LogP contribution in [-0.2, 0) is 10.0 Å². The second kappa shape index (κ2) is 5.03. The summed E-state index contributed by atoms with van der Waals surface area (Å²) in [6.45, 7) is -0.109. The fourth-order valence-corrected chi connectivity index (χ4v) is 5.38. The van der Waals surface area contributed by atoms with Crippen molar-refractivity contribution in [1.29, 1.82) is 0 Å². The van der Waals surface area contributed by atoms with Gasteiger partial charge >= 0.3 is 0 Å². The van der Waals surface area contributed by atoms with Gasteiger partial charge in [0.25, 0.3) is 0 Å². The first-order valence-corrected chi connectivity index (χ1v) is 8.05. The van der Waals surface area contributed by atoms with E-state index in [0.717, 1.165) is 24.2 Å². The van der Waals surface area contributed by atoms with Crippen molar-refractivity contribution < 1.29 is 13.5 Å². The van der Waals surface area contributed by atoms with Gasteiger partial charge in [-0.25, -0.2) is 8.42 Å². The average Bonchev–Trinajstić information content (AvgIpc) is 3.00. The highest BCUT2D eigenvalue weighted by Crippen LogP contribution is 2.39. The molecule has 1 heterocycles. The molecule has 17 heavy (non-hydrogen) atoms. The molecule has 0 aliphatic heterocycles. The summed E-state index contributed by atoms with van der Waals surface area (Å²) in [5, 5.41) is 8.94. The van der Waals surface area contributed by atoms with Gasteiger partial charge in [0.1, 0.15) is 9.23 Å². The Morgan fingerprint density at radius 1 is 1.47 bits per heavy atom. The highest BCUT2D eigenvalue weighted by Gasteiger charge is 2.39. The van der Waals surface area contributed by atoms with Crippen molar-refractivity contribution in [3.8, 4) is 0 Å². The molecule has 1 aromatic heterocycles. The van der Waals surface area contributed by atoms with E-state index in [1.807, 2.05) is 0 Å². The zero-order chi connectivity index (χ0) is 12.6. The molecule has 1 fully saturated rings. The van der Waals surface area contributed by atoms with Gasteiger partial charge in [-0.05, 0) is 18.9 Å². The van der Waals surface area contributed by atoms with Gasteiger partial charge in [0.05, 0.1) is 10.9 Å². The molecule has 1 aliphatic carbocycles. The molecule has 0 saturated heterocycles. The number of halogens is 2. The van der Waals surface area contributed by atoms with Crippen LogP contribution in [0.25, 0.3) is 0 Å². The Balaban J connectivity index is 2.36. The van der Waals surface area contributed by atoms with E-state index in [1.165, 1.54) is 10.4 Å². The van der Waals surface area contributed by atoms with Gasteiger partial charge in [-0.3, -0.25) is 0 Å². The summed E-state index contributed by atoms with van der Waals surface area (Å²) in [5.41, 5.74) is 0. The third-order valence-corrected chi connectivity index (χ3v) is 6.19. The van der Waals surface area contributed by atoms with Gasteiger partial charge in [0.15, 0.2) is 0 Å². The van der Waals surface area contributed by atoms with E-state index in [4.69, 9.17) is 28.3 Å². The van der Waals surface area contributed by atoms with E-state index in [-0.39, 0.29) is 28.4 Å². The van der Waals surface area contributed by atoms with Crippen LogP contribution in [0.15, 0.2) is 11.0 Å². The Kier molecular flexibility index (Phi) is 4.02. The number of nitrogens with zero attached hydrogens (tertiary/aromatic N) is 1. The Morgan fingerprint density at radius 3 is 2.53 bits per heavy atom. The lowest BCUT2D eigenvalue weighted by atomic mass is 10.6. The van der Waals surface area contributed by atoms with Gasteiger partial charge in [0, 0.05) is 12.6 Å². The van der Waals surface area contributed by atoms with Gasteiger partial charge in [0.2, 0.25) is 10.0 Å². The quantitative estimate of drug-likeness (QED) is 0.906. The van der Waals surface area contributed by atoms with E-state index in [2.05, 4.69) is 0 Å². The lowest BCUT2D eigenvalue weighted by Crippen LogP contribution is -2.35. The third-order valence-electron chi connectivity index (χ3n) is 2.49. The normalized spacial score (nSPS) is 16.7. The third kappa shape index (κ3) is 2.77. The standard InChI is InChI=1S/C9H11Cl2NO3S2/c10-8-5-7(9(11)16-8)17(14,15)12(3-4-13)6-1-2-6/h5-6,13H,1-4H2. The summed E-state index contributed by atoms with van der Waals surface area (Å²) < 4.78 is 26.4. The number of hydrogen-bond donors (Lipinski definition) is 1. The molecule has 0 bridgehead atoms. The molecule has 2 rings (SSSR count). The number of rotatable bonds is 5. The summed E-state index contributed by atoms with van der Waals surface area (Å²) in [7, 11) is -3.64. The van der Waals surface area contributed by atoms with Crippen molar-refractivity contribution >= 4 is 44.6 Å². The first-order valence-electron chi connectivity index (χ1n) is 5.04. The Hall–Kier alpha value is 0.150. The largest absolute Gasteiger partial charge is 0.395 e. The lowest BCUT2D eigenvalue weighted by molar-refractivity contribution is 0.250. The maximum absolute atomic E-state index is 12.3. The Labute approximate surface area is 114 Å². The topological polar surface area (TPSA) is 57.6 Å². The Bertz CT molecular complexity index is 510. The van der Waals surface area contributed by atoms with E-state index in [1.54, 1.807) is 0 Å². The van der Waals surface area contributed by atoms with Crippen molar-refractivity contribution in [3.05, 3.63) is 14.7 Å². The van der Waals surface area contributed by atoms with Crippen molar-refractivity contribution in [2.24, 2.45) is 0 Å². The molecule has 0 spiro atoms. The van der Waals surface area contributed by atoms with Gasteiger partial charge < -0.3 is 5.11 Å². The van der Waals surface area contributed by atoms with E-state index < -0.39 is 10.0 Å². The summed E-state index contributed by atoms with van der Waals surface area (Å²) in [6.07, 6.45) is 1.66. The Morgan fingerprint density at radius 2 is 2.12 bits per heavy atom. The number of sulfonamides is 1. The number of thiophene rings is 1.